The fourth-order valence-corrected chi connectivity index (χ4v) is 4.59. The van der Waals surface area contributed by atoms with Gasteiger partial charge in [-0.05, 0) is 46.4 Å². The molecule has 1 saturated heterocycles. The van der Waals surface area contributed by atoms with Crippen molar-refractivity contribution in [3.63, 3.8) is 0 Å². The van der Waals surface area contributed by atoms with Gasteiger partial charge in [0.05, 0.1) is 4.90 Å². The molecule has 0 N–H and O–H groups in total. The van der Waals surface area contributed by atoms with Crippen LogP contribution >= 0.6 is 0 Å². The zero-order valence-corrected chi connectivity index (χ0v) is 13.7. The first-order chi connectivity index (χ1) is 9.23. The molecular formula is C15H24N2O2S. The molecule has 1 aromatic rings. The molecule has 5 heteroatoms. The van der Waals surface area contributed by atoms with Gasteiger partial charge in [-0.2, -0.15) is 4.31 Å². The average molecular weight is 296 g/mol. The number of benzene rings is 1. The zero-order chi connectivity index (χ0) is 15.1. The molecule has 112 valence electrons. The molecule has 0 bridgehead atoms. The molecule has 4 nitrogen and oxygen atoms in total. The van der Waals surface area contributed by atoms with E-state index < -0.39 is 10.0 Å². The fraction of sp³-hybridized carbons (Fsp3) is 0.600. The molecule has 20 heavy (non-hydrogen) atoms. The number of hydrogen-bond donors (Lipinski definition) is 0. The maximum absolute atomic E-state index is 12.8. The van der Waals surface area contributed by atoms with Crippen molar-refractivity contribution in [1.29, 1.82) is 0 Å². The van der Waals surface area contributed by atoms with Crippen molar-refractivity contribution in [2.45, 2.75) is 44.7 Å². The first-order valence-electron chi connectivity index (χ1n) is 7.03. The van der Waals surface area contributed by atoms with Crippen molar-refractivity contribution in [3.05, 3.63) is 29.3 Å². The fourth-order valence-electron chi connectivity index (χ4n) is 2.78. The Kier molecular flexibility index (Phi) is 4.23. The Morgan fingerprint density at radius 2 is 1.65 bits per heavy atom. The third-order valence-electron chi connectivity index (χ3n) is 4.27. The van der Waals surface area contributed by atoms with Crippen LogP contribution in [0.15, 0.2) is 23.1 Å². The van der Waals surface area contributed by atoms with Crippen LogP contribution in [0.5, 0.6) is 0 Å². The molecule has 0 amide bonds. The Labute approximate surface area is 122 Å². The summed E-state index contributed by atoms with van der Waals surface area (Å²) in [7, 11) is -1.34. The molecule has 1 aliphatic rings. The summed E-state index contributed by atoms with van der Waals surface area (Å²) in [6, 6.07) is 5.99. The van der Waals surface area contributed by atoms with Gasteiger partial charge in [0, 0.05) is 25.2 Å². The van der Waals surface area contributed by atoms with Gasteiger partial charge in [0.1, 0.15) is 0 Å². The summed E-state index contributed by atoms with van der Waals surface area (Å²) in [5, 5.41) is 0. The van der Waals surface area contributed by atoms with Crippen LogP contribution in [0.4, 0.5) is 0 Å². The van der Waals surface area contributed by atoms with Crippen LogP contribution in [0, 0.1) is 13.8 Å². The van der Waals surface area contributed by atoms with Crippen LogP contribution in [-0.4, -0.2) is 49.8 Å². The van der Waals surface area contributed by atoms with Gasteiger partial charge < -0.3 is 0 Å². The highest BCUT2D eigenvalue weighted by atomic mass is 32.2. The van der Waals surface area contributed by atoms with E-state index in [0.717, 1.165) is 11.1 Å². The Balaban J connectivity index is 2.35. The Morgan fingerprint density at radius 1 is 1.10 bits per heavy atom. The first-order valence-corrected chi connectivity index (χ1v) is 8.47. The topological polar surface area (TPSA) is 40.6 Å². The lowest BCUT2D eigenvalue weighted by Gasteiger charge is -2.41. The van der Waals surface area contributed by atoms with Crippen molar-refractivity contribution in [3.8, 4) is 0 Å². The highest BCUT2D eigenvalue weighted by molar-refractivity contribution is 7.89. The van der Waals surface area contributed by atoms with Gasteiger partial charge in [-0.3, -0.25) is 4.90 Å². The van der Waals surface area contributed by atoms with Crippen molar-refractivity contribution < 1.29 is 8.42 Å². The van der Waals surface area contributed by atoms with Crippen LogP contribution in [0.1, 0.15) is 25.0 Å². The summed E-state index contributed by atoms with van der Waals surface area (Å²) in [5.74, 6) is 0. The van der Waals surface area contributed by atoms with E-state index >= 15 is 0 Å². The van der Waals surface area contributed by atoms with E-state index in [1.807, 2.05) is 26.0 Å². The molecule has 0 spiro atoms. The van der Waals surface area contributed by atoms with E-state index in [-0.39, 0.29) is 12.1 Å². The number of hydrogen-bond acceptors (Lipinski definition) is 3. The van der Waals surface area contributed by atoms with Crippen LogP contribution in [0.25, 0.3) is 0 Å². The summed E-state index contributed by atoms with van der Waals surface area (Å²) >= 11 is 0. The van der Waals surface area contributed by atoms with Crippen molar-refractivity contribution in [2.75, 3.05) is 20.1 Å². The van der Waals surface area contributed by atoms with Crippen LogP contribution < -0.4 is 0 Å². The van der Waals surface area contributed by atoms with Crippen molar-refractivity contribution >= 4 is 10.0 Å². The van der Waals surface area contributed by atoms with Gasteiger partial charge in [0.15, 0.2) is 0 Å². The minimum Gasteiger partial charge on any atom is -0.298 e. The van der Waals surface area contributed by atoms with Gasteiger partial charge in [0.2, 0.25) is 10.0 Å². The Morgan fingerprint density at radius 3 is 2.15 bits per heavy atom. The molecular weight excluding hydrogens is 272 g/mol. The van der Waals surface area contributed by atoms with Crippen molar-refractivity contribution in [1.82, 2.24) is 9.21 Å². The molecule has 1 heterocycles. The van der Waals surface area contributed by atoms with Gasteiger partial charge >= 0.3 is 0 Å². The molecule has 1 aromatic carbocycles. The van der Waals surface area contributed by atoms with E-state index in [4.69, 9.17) is 0 Å². The van der Waals surface area contributed by atoms with Gasteiger partial charge in [-0.1, -0.05) is 17.7 Å². The normalized spacial score (nSPS) is 25.9. The maximum atomic E-state index is 12.8. The minimum absolute atomic E-state index is 0.235. The van der Waals surface area contributed by atoms with E-state index in [1.165, 1.54) is 0 Å². The summed E-state index contributed by atoms with van der Waals surface area (Å²) < 4.78 is 27.3. The summed E-state index contributed by atoms with van der Waals surface area (Å²) in [5.41, 5.74) is 1.91. The largest absolute Gasteiger partial charge is 0.298 e. The summed E-state index contributed by atoms with van der Waals surface area (Å²) in [4.78, 5) is 2.67. The summed E-state index contributed by atoms with van der Waals surface area (Å²) in [6.07, 6.45) is 0. The van der Waals surface area contributed by atoms with Gasteiger partial charge in [0.25, 0.3) is 0 Å². The average Bonchev–Trinajstić information content (AvgIpc) is 2.34. The number of likely N-dealkylation sites (N-methyl/N-ethyl adjacent to an activating group) is 1. The molecule has 1 fully saturated rings. The molecule has 0 aliphatic carbocycles. The van der Waals surface area contributed by atoms with Crippen LogP contribution in [-0.2, 0) is 10.0 Å². The molecule has 2 unspecified atom stereocenters. The number of rotatable bonds is 2. The first kappa shape index (κ1) is 15.5. The lowest BCUT2D eigenvalue weighted by molar-refractivity contribution is 0.105. The smallest absolute Gasteiger partial charge is 0.243 e. The van der Waals surface area contributed by atoms with Crippen molar-refractivity contribution in [2.24, 2.45) is 0 Å². The zero-order valence-electron chi connectivity index (χ0n) is 12.9. The lowest BCUT2D eigenvalue weighted by Crippen LogP contribution is -2.56. The van der Waals surface area contributed by atoms with E-state index in [0.29, 0.717) is 18.0 Å². The third-order valence-corrected chi connectivity index (χ3v) is 6.27. The third kappa shape index (κ3) is 2.75. The second-order valence-electron chi connectivity index (χ2n) is 5.95. The highest BCUT2D eigenvalue weighted by Gasteiger charge is 2.34. The van der Waals surface area contributed by atoms with Crippen LogP contribution in [0.3, 0.4) is 0 Å². The molecule has 0 radical (unpaired) electrons. The van der Waals surface area contributed by atoms with E-state index in [1.54, 1.807) is 10.4 Å². The minimum atomic E-state index is -3.39. The standard InChI is InChI=1S/C15H24N2O2S/c1-11-6-7-15(12(2)8-11)20(18,19)17-9-13(3)16(5)14(4)10-17/h6-8,13-14H,9-10H2,1-5H3. The number of nitrogens with zero attached hydrogens (tertiary/aromatic N) is 2. The Bertz CT molecular complexity index is 586. The predicted octanol–water partition coefficient (Wildman–Crippen LogP) is 2.02. The SMILES string of the molecule is Cc1ccc(S(=O)(=O)N2CC(C)N(C)C(C)C2)c(C)c1. The predicted molar refractivity (Wildman–Crippen MR) is 81.4 cm³/mol. The molecule has 2 atom stereocenters. The number of aryl methyl sites for hydroxylation is 2. The molecule has 0 aromatic heterocycles. The van der Waals surface area contributed by atoms with E-state index in [2.05, 4.69) is 25.8 Å². The monoisotopic (exact) mass is 296 g/mol. The van der Waals surface area contributed by atoms with E-state index in [9.17, 15) is 8.42 Å². The Hall–Kier alpha value is -0.910. The second kappa shape index (κ2) is 5.47. The number of sulfonamides is 1. The van der Waals surface area contributed by atoms with Gasteiger partial charge in [-0.25, -0.2) is 8.42 Å². The highest BCUT2D eigenvalue weighted by Crippen LogP contribution is 2.24. The summed E-state index contributed by atoms with van der Waals surface area (Å²) in [6.45, 7) is 9.08. The molecule has 0 saturated carbocycles. The second-order valence-corrected chi connectivity index (χ2v) is 7.86. The lowest BCUT2D eigenvalue weighted by atomic mass is 10.1. The number of piperazine rings is 1. The molecule has 1 aliphatic heterocycles. The van der Waals surface area contributed by atoms with Gasteiger partial charge in [-0.15, -0.1) is 0 Å². The quantitative estimate of drug-likeness (QED) is 0.838. The van der Waals surface area contributed by atoms with Crippen LogP contribution in [0.2, 0.25) is 0 Å². The molecule has 2 rings (SSSR count). The maximum Gasteiger partial charge on any atom is 0.243 e.